The highest BCUT2D eigenvalue weighted by Gasteiger charge is 2.26. The van der Waals surface area contributed by atoms with Crippen molar-refractivity contribution in [3.63, 3.8) is 0 Å². The molecule has 114 valence electrons. The summed E-state index contributed by atoms with van der Waals surface area (Å²) in [6, 6.07) is 0.0429. The molecule has 1 unspecified atom stereocenters. The fourth-order valence-electron chi connectivity index (χ4n) is 2.06. The van der Waals surface area contributed by atoms with Crippen LogP contribution in [0.5, 0.6) is 0 Å². The SMILES string of the molecule is CCC(CC)NC(=O)C(C)NCC(CC)(CC)CO. The Hall–Kier alpha value is -0.610. The Morgan fingerprint density at radius 3 is 2.05 bits per heavy atom. The van der Waals surface area contributed by atoms with E-state index in [0.717, 1.165) is 25.7 Å². The first-order chi connectivity index (χ1) is 8.98. The number of amides is 1. The highest BCUT2D eigenvalue weighted by atomic mass is 16.3. The van der Waals surface area contributed by atoms with Gasteiger partial charge in [0.2, 0.25) is 5.91 Å². The second-order valence-corrected chi connectivity index (χ2v) is 5.49. The Bertz CT molecular complexity index is 240. The van der Waals surface area contributed by atoms with Crippen LogP contribution in [0, 0.1) is 5.41 Å². The van der Waals surface area contributed by atoms with E-state index in [2.05, 4.69) is 38.3 Å². The van der Waals surface area contributed by atoms with Gasteiger partial charge in [-0.15, -0.1) is 0 Å². The zero-order valence-electron chi connectivity index (χ0n) is 13.3. The molecule has 0 aromatic carbocycles. The van der Waals surface area contributed by atoms with Crippen molar-refractivity contribution in [3.8, 4) is 0 Å². The van der Waals surface area contributed by atoms with E-state index in [1.54, 1.807) is 0 Å². The molecule has 0 fully saturated rings. The molecule has 0 radical (unpaired) electrons. The highest BCUT2D eigenvalue weighted by Crippen LogP contribution is 2.24. The predicted octanol–water partition coefficient (Wildman–Crippen LogP) is 2.07. The molecule has 0 aliphatic rings. The van der Waals surface area contributed by atoms with Crippen LogP contribution in [-0.2, 0) is 4.79 Å². The molecule has 0 aliphatic heterocycles. The largest absolute Gasteiger partial charge is 0.396 e. The number of carbonyl (C=O) groups excluding carboxylic acids is 1. The second kappa shape index (κ2) is 9.32. The van der Waals surface area contributed by atoms with Crippen LogP contribution in [-0.4, -0.2) is 36.2 Å². The van der Waals surface area contributed by atoms with Gasteiger partial charge in [-0.3, -0.25) is 4.79 Å². The zero-order valence-corrected chi connectivity index (χ0v) is 13.3. The highest BCUT2D eigenvalue weighted by molar-refractivity contribution is 5.81. The monoisotopic (exact) mass is 272 g/mol. The number of rotatable bonds is 10. The number of aliphatic hydroxyl groups excluding tert-OH is 1. The van der Waals surface area contributed by atoms with Gasteiger partial charge in [0.15, 0.2) is 0 Å². The fourth-order valence-corrected chi connectivity index (χ4v) is 2.06. The van der Waals surface area contributed by atoms with E-state index in [-0.39, 0.29) is 30.0 Å². The van der Waals surface area contributed by atoms with Gasteiger partial charge in [0.25, 0.3) is 0 Å². The summed E-state index contributed by atoms with van der Waals surface area (Å²) in [5, 5.41) is 15.8. The van der Waals surface area contributed by atoms with Crippen LogP contribution >= 0.6 is 0 Å². The summed E-state index contributed by atoms with van der Waals surface area (Å²) >= 11 is 0. The van der Waals surface area contributed by atoms with E-state index < -0.39 is 0 Å². The van der Waals surface area contributed by atoms with Crippen LogP contribution in [0.25, 0.3) is 0 Å². The third-order valence-electron chi connectivity index (χ3n) is 4.34. The maximum Gasteiger partial charge on any atom is 0.237 e. The number of carbonyl (C=O) groups is 1. The first-order valence-electron chi connectivity index (χ1n) is 7.63. The van der Waals surface area contributed by atoms with Gasteiger partial charge in [0, 0.05) is 24.6 Å². The molecule has 0 aromatic heterocycles. The average molecular weight is 272 g/mol. The number of aliphatic hydroxyl groups is 1. The van der Waals surface area contributed by atoms with Crippen LogP contribution < -0.4 is 10.6 Å². The Morgan fingerprint density at radius 1 is 1.16 bits per heavy atom. The van der Waals surface area contributed by atoms with Crippen molar-refractivity contribution >= 4 is 5.91 Å². The molecule has 1 atom stereocenters. The van der Waals surface area contributed by atoms with Gasteiger partial charge in [-0.25, -0.2) is 0 Å². The van der Waals surface area contributed by atoms with Crippen LogP contribution in [0.1, 0.15) is 60.3 Å². The summed E-state index contributed by atoms with van der Waals surface area (Å²) < 4.78 is 0. The van der Waals surface area contributed by atoms with Gasteiger partial charge >= 0.3 is 0 Å². The molecule has 0 heterocycles. The lowest BCUT2D eigenvalue weighted by Gasteiger charge is -2.31. The van der Waals surface area contributed by atoms with Gasteiger partial charge in [-0.2, -0.15) is 0 Å². The van der Waals surface area contributed by atoms with Crippen LogP contribution in [0.4, 0.5) is 0 Å². The molecule has 0 aromatic rings. The Balaban J connectivity index is 4.29. The third-order valence-corrected chi connectivity index (χ3v) is 4.34. The van der Waals surface area contributed by atoms with E-state index in [4.69, 9.17) is 0 Å². The first-order valence-corrected chi connectivity index (χ1v) is 7.63. The first kappa shape index (κ1) is 18.4. The lowest BCUT2D eigenvalue weighted by Crippen LogP contribution is -2.49. The molecular weight excluding hydrogens is 240 g/mol. The molecule has 4 nitrogen and oxygen atoms in total. The van der Waals surface area contributed by atoms with Crippen LogP contribution in [0.3, 0.4) is 0 Å². The average Bonchev–Trinajstić information content (AvgIpc) is 2.46. The summed E-state index contributed by atoms with van der Waals surface area (Å²) in [5.74, 6) is 0.0488. The van der Waals surface area contributed by atoms with Crippen molar-refractivity contribution in [1.82, 2.24) is 10.6 Å². The molecule has 0 aliphatic carbocycles. The maximum atomic E-state index is 12.0. The van der Waals surface area contributed by atoms with E-state index in [1.165, 1.54) is 0 Å². The van der Waals surface area contributed by atoms with Crippen LogP contribution in [0.15, 0.2) is 0 Å². The second-order valence-electron chi connectivity index (χ2n) is 5.49. The Labute approximate surface area is 118 Å². The minimum Gasteiger partial charge on any atom is -0.396 e. The zero-order chi connectivity index (χ0) is 14.9. The molecule has 3 N–H and O–H groups in total. The Morgan fingerprint density at radius 2 is 1.68 bits per heavy atom. The van der Waals surface area contributed by atoms with E-state index >= 15 is 0 Å². The molecule has 0 saturated carbocycles. The predicted molar refractivity (Wildman–Crippen MR) is 80.1 cm³/mol. The standard InChI is InChI=1S/C15H32N2O2/c1-6-13(7-2)17-14(19)12(5)16-10-15(8-3,9-4)11-18/h12-13,16,18H,6-11H2,1-5H3,(H,17,19). The molecule has 0 saturated heterocycles. The molecule has 4 heteroatoms. The summed E-state index contributed by atoms with van der Waals surface area (Å²) in [6.07, 6.45) is 3.74. The third kappa shape index (κ3) is 5.91. The van der Waals surface area contributed by atoms with Gasteiger partial charge in [0.05, 0.1) is 6.04 Å². The quantitative estimate of drug-likeness (QED) is 0.570. The summed E-state index contributed by atoms with van der Waals surface area (Å²) in [4.78, 5) is 12.0. The summed E-state index contributed by atoms with van der Waals surface area (Å²) in [5.41, 5.74) is -0.108. The molecule has 0 rings (SSSR count). The Kier molecular flexibility index (Phi) is 9.02. The van der Waals surface area contributed by atoms with Crippen molar-refractivity contribution < 1.29 is 9.90 Å². The number of hydrogen-bond acceptors (Lipinski definition) is 3. The van der Waals surface area contributed by atoms with Crippen LogP contribution in [0.2, 0.25) is 0 Å². The molecule has 0 bridgehead atoms. The van der Waals surface area contributed by atoms with E-state index in [0.29, 0.717) is 6.54 Å². The van der Waals surface area contributed by atoms with Crippen molar-refractivity contribution in [2.75, 3.05) is 13.2 Å². The van der Waals surface area contributed by atoms with Gasteiger partial charge in [-0.05, 0) is 32.6 Å². The fraction of sp³-hybridized carbons (Fsp3) is 0.933. The van der Waals surface area contributed by atoms with E-state index in [1.807, 2.05) is 6.92 Å². The lowest BCUT2D eigenvalue weighted by atomic mass is 9.83. The smallest absolute Gasteiger partial charge is 0.237 e. The van der Waals surface area contributed by atoms with Crippen molar-refractivity contribution in [2.45, 2.75) is 72.4 Å². The molecule has 0 spiro atoms. The molecule has 1 amide bonds. The lowest BCUT2D eigenvalue weighted by molar-refractivity contribution is -0.123. The maximum absolute atomic E-state index is 12.0. The number of hydrogen-bond donors (Lipinski definition) is 3. The molecule has 19 heavy (non-hydrogen) atoms. The minimum absolute atomic E-state index is 0.0488. The van der Waals surface area contributed by atoms with Crippen molar-refractivity contribution in [3.05, 3.63) is 0 Å². The minimum atomic E-state index is -0.218. The van der Waals surface area contributed by atoms with Gasteiger partial charge in [0.1, 0.15) is 0 Å². The topological polar surface area (TPSA) is 61.4 Å². The number of nitrogens with one attached hydrogen (secondary N) is 2. The van der Waals surface area contributed by atoms with E-state index in [9.17, 15) is 9.90 Å². The normalized spacial score (nSPS) is 13.6. The van der Waals surface area contributed by atoms with Crippen molar-refractivity contribution in [2.24, 2.45) is 5.41 Å². The summed E-state index contributed by atoms with van der Waals surface area (Å²) in [7, 11) is 0. The van der Waals surface area contributed by atoms with Crippen molar-refractivity contribution in [1.29, 1.82) is 0 Å². The molecular formula is C15H32N2O2. The summed E-state index contributed by atoms with van der Waals surface area (Å²) in [6.45, 7) is 11.0. The van der Waals surface area contributed by atoms with Gasteiger partial charge < -0.3 is 15.7 Å². The van der Waals surface area contributed by atoms with Gasteiger partial charge in [-0.1, -0.05) is 27.7 Å².